The minimum absolute atomic E-state index is 0.599. The number of nitriles is 2. The quantitative estimate of drug-likeness (QED) is 0.121. The summed E-state index contributed by atoms with van der Waals surface area (Å²) in [6.07, 6.45) is 0. The summed E-state index contributed by atoms with van der Waals surface area (Å²) in [6, 6.07) is 173. The fourth-order valence-corrected chi connectivity index (χ4v) is 20.7. The molecular formula is C125H79N11. The molecule has 0 atom stereocenters. The van der Waals surface area contributed by atoms with Gasteiger partial charge in [-0.25, -0.2) is 15.0 Å². The van der Waals surface area contributed by atoms with Crippen LogP contribution in [0.25, 0.3) is 233 Å². The van der Waals surface area contributed by atoms with Gasteiger partial charge in [-0.15, -0.1) is 0 Å². The van der Waals surface area contributed by atoms with E-state index in [4.69, 9.17) is 15.0 Å². The molecule has 0 aliphatic rings. The Labute approximate surface area is 782 Å². The van der Waals surface area contributed by atoms with Crippen molar-refractivity contribution in [1.29, 1.82) is 10.5 Å². The zero-order chi connectivity index (χ0) is 90.3. The molecule has 0 saturated carbocycles. The average molecular weight is 1740 g/mol. The molecule has 0 radical (unpaired) electrons. The first-order valence-corrected chi connectivity index (χ1v) is 45.7. The fraction of sp³-hybridized carbons (Fsp3) is 0. The Morgan fingerprint density at radius 3 is 0.728 bits per heavy atom. The van der Waals surface area contributed by atoms with Crippen LogP contribution in [0.15, 0.2) is 479 Å². The van der Waals surface area contributed by atoms with E-state index in [9.17, 15) is 10.5 Å². The van der Waals surface area contributed by atoms with E-state index in [1.807, 2.05) is 30.3 Å². The topological polar surface area (TPSA) is 116 Å². The SMILES string of the molecule is N#Cc1cc(-c2ccc(-n3c4ccccc4c4ccccc43)cc2)cc(-n2c3ccccc3c3ccccc32)c1.N#Cc1cc(-c2cccc(-n3c4ccccc4c4ccccc43)c2)cc(-n2c3ccccc3c3ccccc32)c1.c1ccc(-c2ccccc2-c2nc(-c3ccccc3-n3c4ccccc4c4ccccc43)nc(-c3ccccc3-n3c4ccccc4c4ccccc43)n2)cc1. The molecule has 0 amide bonds. The highest BCUT2D eigenvalue weighted by atomic mass is 15.1. The van der Waals surface area contributed by atoms with Crippen molar-refractivity contribution in [2.75, 3.05) is 0 Å². The Hall–Kier alpha value is -18.8. The number of benzene rings is 20. The molecule has 11 heteroatoms. The van der Waals surface area contributed by atoms with E-state index in [-0.39, 0.29) is 0 Å². The molecule has 0 unspecified atom stereocenters. The maximum Gasteiger partial charge on any atom is 0.166 e. The van der Waals surface area contributed by atoms with E-state index >= 15 is 0 Å². The van der Waals surface area contributed by atoms with Crippen molar-refractivity contribution >= 4 is 131 Å². The van der Waals surface area contributed by atoms with Crippen molar-refractivity contribution in [3.05, 3.63) is 490 Å². The third-order valence-corrected chi connectivity index (χ3v) is 26.6. The molecular weight excluding hydrogens is 1660 g/mol. The van der Waals surface area contributed by atoms with Gasteiger partial charge in [0.2, 0.25) is 0 Å². The molecule has 0 N–H and O–H groups in total. The summed E-state index contributed by atoms with van der Waals surface area (Å²) in [5.74, 6) is 1.81. The largest absolute Gasteiger partial charge is 0.309 e. The zero-order valence-corrected chi connectivity index (χ0v) is 73.5. The molecule has 20 aromatic carbocycles. The van der Waals surface area contributed by atoms with Crippen LogP contribution in [-0.4, -0.2) is 42.4 Å². The second-order valence-electron chi connectivity index (χ2n) is 34.3. The van der Waals surface area contributed by atoms with Gasteiger partial charge in [-0.05, 0) is 191 Å². The van der Waals surface area contributed by atoms with Gasteiger partial charge in [0.15, 0.2) is 17.5 Å². The molecule has 0 saturated heterocycles. The number of fused-ring (bicyclic) bond motifs is 18. The summed E-state index contributed by atoms with van der Waals surface area (Å²) >= 11 is 0. The second kappa shape index (κ2) is 33.3. The Kier molecular flexibility index (Phi) is 19.4. The molecule has 27 aromatic rings. The lowest BCUT2D eigenvalue weighted by molar-refractivity contribution is 1.06. The van der Waals surface area contributed by atoms with E-state index < -0.39 is 0 Å². The lowest BCUT2D eigenvalue weighted by Gasteiger charge is -2.17. The van der Waals surface area contributed by atoms with Gasteiger partial charge in [0.1, 0.15) is 0 Å². The normalized spacial score (nSPS) is 11.5. The Morgan fingerprint density at radius 2 is 0.397 bits per heavy atom. The van der Waals surface area contributed by atoms with Crippen molar-refractivity contribution in [2.45, 2.75) is 0 Å². The lowest BCUT2D eigenvalue weighted by atomic mass is 9.99. The van der Waals surface area contributed by atoms with E-state index in [1.165, 1.54) is 86.7 Å². The van der Waals surface area contributed by atoms with Crippen LogP contribution in [-0.2, 0) is 0 Å². The minimum Gasteiger partial charge on any atom is -0.309 e. The van der Waals surface area contributed by atoms with Crippen LogP contribution in [0.3, 0.4) is 0 Å². The van der Waals surface area contributed by atoms with Crippen LogP contribution in [0.1, 0.15) is 11.1 Å². The molecule has 7 aromatic heterocycles. The van der Waals surface area contributed by atoms with Crippen molar-refractivity contribution in [1.82, 2.24) is 42.4 Å². The van der Waals surface area contributed by atoms with Gasteiger partial charge >= 0.3 is 0 Å². The molecule has 0 fully saturated rings. The highest BCUT2D eigenvalue weighted by molar-refractivity contribution is 6.15. The third-order valence-electron chi connectivity index (χ3n) is 26.6. The molecule has 0 spiro atoms. The van der Waals surface area contributed by atoms with Gasteiger partial charge in [-0.1, -0.05) is 322 Å². The highest BCUT2D eigenvalue weighted by Crippen LogP contribution is 2.45. The van der Waals surface area contributed by atoms with Crippen LogP contribution in [0.4, 0.5) is 0 Å². The van der Waals surface area contributed by atoms with Crippen LogP contribution in [0, 0.1) is 22.7 Å². The smallest absolute Gasteiger partial charge is 0.166 e. The number of hydrogen-bond acceptors (Lipinski definition) is 5. The zero-order valence-electron chi connectivity index (χ0n) is 73.5. The van der Waals surface area contributed by atoms with E-state index in [1.54, 1.807) is 0 Å². The average Bonchev–Trinajstić information content (AvgIpc) is 1.60. The number of aromatic nitrogens is 9. The number of nitrogens with zero attached hydrogens (tertiary/aromatic N) is 11. The summed E-state index contributed by atoms with van der Waals surface area (Å²) < 4.78 is 13.9. The van der Waals surface area contributed by atoms with Gasteiger partial charge in [0.05, 0.1) is 101 Å². The molecule has 0 aliphatic heterocycles. The number of rotatable bonds is 12. The van der Waals surface area contributed by atoms with Crippen LogP contribution in [0.2, 0.25) is 0 Å². The third kappa shape index (κ3) is 13.4. The molecule has 0 bridgehead atoms. The first kappa shape index (κ1) is 79.4. The van der Waals surface area contributed by atoms with Crippen LogP contribution < -0.4 is 0 Å². The molecule has 7 heterocycles. The summed E-state index contributed by atoms with van der Waals surface area (Å²) in [5.41, 5.74) is 30.3. The summed E-state index contributed by atoms with van der Waals surface area (Å²) in [6.45, 7) is 0. The molecule has 136 heavy (non-hydrogen) atoms. The van der Waals surface area contributed by atoms with Crippen molar-refractivity contribution in [3.8, 4) is 114 Å². The summed E-state index contributed by atoms with van der Waals surface area (Å²) in [4.78, 5) is 16.1. The van der Waals surface area contributed by atoms with Gasteiger partial charge in [-0.2, -0.15) is 10.5 Å². The highest BCUT2D eigenvalue weighted by Gasteiger charge is 2.26. The molecule has 11 nitrogen and oxygen atoms in total. The Bertz CT molecular complexity index is 9060. The van der Waals surface area contributed by atoms with Crippen molar-refractivity contribution in [2.24, 2.45) is 0 Å². The van der Waals surface area contributed by atoms with Crippen molar-refractivity contribution < 1.29 is 0 Å². The van der Waals surface area contributed by atoms with Crippen molar-refractivity contribution in [3.63, 3.8) is 0 Å². The predicted molar refractivity (Wildman–Crippen MR) is 561 cm³/mol. The second-order valence-corrected chi connectivity index (χ2v) is 34.3. The van der Waals surface area contributed by atoms with Gasteiger partial charge in [-0.3, -0.25) is 0 Å². The minimum atomic E-state index is 0.599. The van der Waals surface area contributed by atoms with Crippen LogP contribution in [0.5, 0.6) is 0 Å². The fourth-order valence-electron chi connectivity index (χ4n) is 20.7. The number of hydrogen-bond donors (Lipinski definition) is 0. The van der Waals surface area contributed by atoms with Gasteiger partial charge in [0.25, 0.3) is 0 Å². The molecule has 27 rings (SSSR count). The van der Waals surface area contributed by atoms with Gasteiger partial charge < -0.3 is 27.4 Å². The predicted octanol–water partition coefficient (Wildman–Crippen LogP) is 31.6. The molecule has 634 valence electrons. The summed E-state index contributed by atoms with van der Waals surface area (Å²) in [5, 5.41) is 34.6. The lowest BCUT2D eigenvalue weighted by Crippen LogP contribution is -2.05. The van der Waals surface area contributed by atoms with Gasteiger partial charge in [0, 0.05) is 104 Å². The maximum absolute atomic E-state index is 10.0. The van der Waals surface area contributed by atoms with E-state index in [0.29, 0.717) is 28.6 Å². The van der Waals surface area contributed by atoms with E-state index in [0.717, 1.165) is 128 Å². The Morgan fingerprint density at radius 1 is 0.154 bits per heavy atom. The summed E-state index contributed by atoms with van der Waals surface area (Å²) in [7, 11) is 0. The van der Waals surface area contributed by atoms with Crippen LogP contribution >= 0.6 is 0 Å². The van der Waals surface area contributed by atoms with E-state index in [2.05, 4.69) is 488 Å². The monoisotopic (exact) mass is 1730 g/mol. The number of para-hydroxylation sites is 14. The Balaban J connectivity index is 0.000000111. The standard InChI is InChI=1S/C51H33N5.2C37H23N3/c1-2-18-34(19-3-1)35-20-4-5-25-40(35)49-52-50(41-26-10-16-32-47(41)55-43-28-12-6-21-36(43)37-22-7-13-29-44(37)55)54-51(53-49)42-27-11-17-33-48(42)56-45-30-14-8-23-38(45)39-24-9-15-31-46(39)56;38-24-25-20-27(23-29(21-25)40-36-18-7-3-14-32(36)33-15-4-8-19-37(33)40)26-10-9-11-28(22-26)39-34-16-5-1-12-30(34)31-13-2-6-17-35(31)39;38-24-25-21-27(23-29(22-25)40-36-15-7-3-11-32(36)33-12-4-8-16-37(33)40)26-17-19-28(20-18-26)39-34-13-5-1-9-30(34)31-10-2-6-14-35(31)39/h1-33H;2*1-23H. The molecule has 0 aliphatic carbocycles. The first-order chi connectivity index (χ1) is 67.4. The first-order valence-electron chi connectivity index (χ1n) is 45.7. The maximum atomic E-state index is 10.0.